The summed E-state index contributed by atoms with van der Waals surface area (Å²) in [6, 6.07) is 23.4. The molecule has 8 heteroatoms. The molecule has 4 aromatic rings. The van der Waals surface area contributed by atoms with Crippen LogP contribution in [0.3, 0.4) is 0 Å². The summed E-state index contributed by atoms with van der Waals surface area (Å²) in [4.78, 5) is 16.0. The van der Waals surface area contributed by atoms with Gasteiger partial charge in [0.05, 0.1) is 6.04 Å². The Morgan fingerprint density at radius 2 is 1.73 bits per heavy atom. The SMILES string of the molecule is C=CC[C@H]1O[C@H](c2cccc(Cl)c2)[C@H](c2ccc(Cl)cc2)N([C@@H](c2ccccc2)c2nnc(C)o2)C1=O. The Balaban J connectivity index is 1.75. The predicted molar refractivity (Wildman–Crippen MR) is 142 cm³/mol. The Morgan fingerprint density at radius 1 is 0.973 bits per heavy atom. The van der Waals surface area contributed by atoms with Gasteiger partial charge in [0.25, 0.3) is 5.91 Å². The molecule has 1 amide bonds. The number of hydrogen-bond donors (Lipinski definition) is 0. The molecule has 0 unspecified atom stereocenters. The zero-order chi connectivity index (χ0) is 25.9. The van der Waals surface area contributed by atoms with Crippen LogP contribution in [0, 0.1) is 6.92 Å². The van der Waals surface area contributed by atoms with Crippen molar-refractivity contribution in [3.8, 4) is 0 Å². The number of carbonyl (C=O) groups is 1. The molecule has 0 radical (unpaired) electrons. The van der Waals surface area contributed by atoms with Crippen molar-refractivity contribution >= 4 is 29.1 Å². The summed E-state index contributed by atoms with van der Waals surface area (Å²) in [5, 5.41) is 9.58. The van der Waals surface area contributed by atoms with Gasteiger partial charge in [-0.25, -0.2) is 0 Å². The second-order valence-corrected chi connectivity index (χ2v) is 9.71. The highest BCUT2D eigenvalue weighted by molar-refractivity contribution is 6.30. The first-order chi connectivity index (χ1) is 18.0. The van der Waals surface area contributed by atoms with Crippen molar-refractivity contribution in [3.05, 3.63) is 130 Å². The third kappa shape index (κ3) is 5.18. The fourth-order valence-electron chi connectivity index (χ4n) is 4.77. The second kappa shape index (κ2) is 10.9. The van der Waals surface area contributed by atoms with Gasteiger partial charge in [-0.1, -0.05) is 83.9 Å². The molecule has 0 bridgehead atoms. The standard InChI is InChI=1S/C29H25Cl2N3O3/c1-3-8-24-29(35)34(26(19-9-5-4-6-10-19)28-33-32-18(2)36-28)25(20-13-15-22(30)16-14-20)27(37-24)21-11-7-12-23(31)17-21/h3-7,9-17,24-27H,1,8H2,2H3/t24-,25+,26+,27-/m1/s1. The van der Waals surface area contributed by atoms with E-state index in [1.54, 1.807) is 30.0 Å². The largest absolute Gasteiger partial charge is 0.423 e. The maximum absolute atomic E-state index is 14.2. The Bertz CT molecular complexity index is 1390. The molecule has 37 heavy (non-hydrogen) atoms. The van der Waals surface area contributed by atoms with Crippen LogP contribution >= 0.6 is 23.2 Å². The predicted octanol–water partition coefficient (Wildman–Crippen LogP) is 7.06. The highest BCUT2D eigenvalue weighted by Crippen LogP contribution is 2.48. The summed E-state index contributed by atoms with van der Waals surface area (Å²) in [6.07, 6.45) is 0.717. The Kier molecular flexibility index (Phi) is 7.42. The van der Waals surface area contributed by atoms with Gasteiger partial charge >= 0.3 is 0 Å². The number of morpholine rings is 1. The quantitative estimate of drug-likeness (QED) is 0.238. The van der Waals surface area contributed by atoms with E-state index in [2.05, 4.69) is 16.8 Å². The number of ether oxygens (including phenoxy) is 1. The molecular formula is C29H25Cl2N3O3. The van der Waals surface area contributed by atoms with E-state index in [-0.39, 0.29) is 5.91 Å². The summed E-state index contributed by atoms with van der Waals surface area (Å²) in [5.41, 5.74) is 2.52. The van der Waals surface area contributed by atoms with Crippen LogP contribution in [0.15, 0.2) is 95.9 Å². The molecule has 0 spiro atoms. The normalized spacial score (nSPS) is 20.6. The Hall–Kier alpha value is -3.45. The van der Waals surface area contributed by atoms with Crippen molar-refractivity contribution in [2.75, 3.05) is 0 Å². The molecule has 5 rings (SSSR count). The summed E-state index contributed by atoms with van der Waals surface area (Å²) in [5.74, 6) is 0.525. The monoisotopic (exact) mass is 533 g/mol. The number of halogens is 2. The van der Waals surface area contributed by atoms with Crippen molar-refractivity contribution in [3.63, 3.8) is 0 Å². The van der Waals surface area contributed by atoms with Gasteiger partial charge < -0.3 is 14.1 Å². The van der Waals surface area contributed by atoms with Gasteiger partial charge in [-0.05, 0) is 41.0 Å². The molecule has 3 aromatic carbocycles. The number of rotatable bonds is 7. The number of amides is 1. The van der Waals surface area contributed by atoms with Gasteiger partial charge in [-0.2, -0.15) is 0 Å². The average molecular weight is 534 g/mol. The topological polar surface area (TPSA) is 68.5 Å². The molecule has 1 aliphatic rings. The lowest BCUT2D eigenvalue weighted by Gasteiger charge is -2.47. The Labute approximate surface area is 225 Å². The van der Waals surface area contributed by atoms with Crippen LogP contribution in [0.2, 0.25) is 10.0 Å². The first-order valence-corrected chi connectivity index (χ1v) is 12.7. The van der Waals surface area contributed by atoms with Crippen LogP contribution in [0.25, 0.3) is 0 Å². The Morgan fingerprint density at radius 3 is 2.38 bits per heavy atom. The molecule has 188 valence electrons. The van der Waals surface area contributed by atoms with E-state index >= 15 is 0 Å². The van der Waals surface area contributed by atoms with Gasteiger partial charge in [0, 0.05) is 23.4 Å². The summed E-state index contributed by atoms with van der Waals surface area (Å²) < 4.78 is 12.5. The second-order valence-electron chi connectivity index (χ2n) is 8.84. The third-order valence-corrected chi connectivity index (χ3v) is 6.85. The first-order valence-electron chi connectivity index (χ1n) is 11.9. The molecule has 1 aromatic heterocycles. The number of aromatic nitrogens is 2. The minimum absolute atomic E-state index is 0.206. The van der Waals surface area contributed by atoms with Crippen LogP contribution in [0.5, 0.6) is 0 Å². The van der Waals surface area contributed by atoms with Crippen LogP contribution in [-0.2, 0) is 9.53 Å². The molecule has 1 aliphatic heterocycles. The van der Waals surface area contributed by atoms with Gasteiger partial charge in [-0.3, -0.25) is 4.79 Å². The zero-order valence-corrected chi connectivity index (χ0v) is 21.6. The van der Waals surface area contributed by atoms with E-state index in [0.29, 0.717) is 28.2 Å². The lowest BCUT2D eigenvalue weighted by molar-refractivity contribution is -0.178. The van der Waals surface area contributed by atoms with Crippen molar-refractivity contribution in [2.45, 2.75) is 37.6 Å². The van der Waals surface area contributed by atoms with Gasteiger partial charge in [-0.15, -0.1) is 16.8 Å². The molecule has 0 aliphatic carbocycles. The molecule has 0 N–H and O–H groups in total. The smallest absolute Gasteiger partial charge is 0.253 e. The van der Waals surface area contributed by atoms with Crippen molar-refractivity contribution in [1.82, 2.24) is 15.1 Å². The number of benzene rings is 3. The molecule has 6 nitrogen and oxygen atoms in total. The summed E-state index contributed by atoms with van der Waals surface area (Å²) in [6.45, 7) is 5.58. The van der Waals surface area contributed by atoms with Gasteiger partial charge in [0.15, 0.2) is 0 Å². The number of carbonyl (C=O) groups excluding carboxylic acids is 1. The number of aryl methyl sites for hydroxylation is 1. The van der Waals surface area contributed by atoms with Gasteiger partial charge in [0.1, 0.15) is 18.2 Å². The van der Waals surface area contributed by atoms with Crippen LogP contribution in [0.1, 0.15) is 53.1 Å². The van der Waals surface area contributed by atoms with Crippen LogP contribution < -0.4 is 0 Å². The minimum Gasteiger partial charge on any atom is -0.423 e. The molecule has 0 saturated carbocycles. The number of nitrogens with zero attached hydrogens (tertiary/aromatic N) is 3. The third-order valence-electron chi connectivity index (χ3n) is 6.37. The van der Waals surface area contributed by atoms with E-state index in [9.17, 15) is 4.79 Å². The maximum Gasteiger partial charge on any atom is 0.253 e. The van der Waals surface area contributed by atoms with E-state index in [0.717, 1.165) is 16.7 Å². The molecule has 2 heterocycles. The fraction of sp³-hybridized carbons (Fsp3) is 0.207. The lowest BCUT2D eigenvalue weighted by Crippen LogP contribution is -2.52. The van der Waals surface area contributed by atoms with E-state index in [1.807, 2.05) is 66.7 Å². The lowest BCUT2D eigenvalue weighted by atomic mass is 9.88. The highest BCUT2D eigenvalue weighted by atomic mass is 35.5. The van der Waals surface area contributed by atoms with Crippen molar-refractivity contribution < 1.29 is 13.9 Å². The summed E-state index contributed by atoms with van der Waals surface area (Å²) >= 11 is 12.6. The van der Waals surface area contributed by atoms with E-state index in [4.69, 9.17) is 32.4 Å². The molecule has 1 saturated heterocycles. The molecule has 4 atom stereocenters. The van der Waals surface area contributed by atoms with Crippen LogP contribution in [0.4, 0.5) is 0 Å². The van der Waals surface area contributed by atoms with Gasteiger partial charge in [0.2, 0.25) is 11.8 Å². The zero-order valence-electron chi connectivity index (χ0n) is 20.1. The minimum atomic E-state index is -0.764. The average Bonchev–Trinajstić information content (AvgIpc) is 3.33. The van der Waals surface area contributed by atoms with E-state index < -0.39 is 24.3 Å². The maximum atomic E-state index is 14.2. The molecule has 1 fully saturated rings. The number of hydrogen-bond acceptors (Lipinski definition) is 5. The van der Waals surface area contributed by atoms with E-state index in [1.165, 1.54) is 0 Å². The highest BCUT2D eigenvalue weighted by Gasteiger charge is 2.48. The summed E-state index contributed by atoms with van der Waals surface area (Å²) in [7, 11) is 0. The van der Waals surface area contributed by atoms with Crippen molar-refractivity contribution in [2.24, 2.45) is 0 Å². The molecular weight excluding hydrogens is 509 g/mol. The fourth-order valence-corrected chi connectivity index (χ4v) is 5.10. The van der Waals surface area contributed by atoms with Crippen molar-refractivity contribution in [1.29, 1.82) is 0 Å². The first kappa shape index (κ1) is 25.2. The van der Waals surface area contributed by atoms with Crippen LogP contribution in [-0.4, -0.2) is 27.1 Å².